The van der Waals surface area contributed by atoms with Gasteiger partial charge in [-0.1, -0.05) is 23.2 Å². The van der Waals surface area contributed by atoms with Gasteiger partial charge in [0, 0.05) is 11.1 Å². The van der Waals surface area contributed by atoms with Gasteiger partial charge in [0.1, 0.15) is 5.75 Å². The van der Waals surface area contributed by atoms with Gasteiger partial charge < -0.3 is 10.4 Å². The summed E-state index contributed by atoms with van der Waals surface area (Å²) in [5.41, 5.74) is 0.0844. The summed E-state index contributed by atoms with van der Waals surface area (Å²) in [6, 6.07) is 2.74. The Morgan fingerprint density at radius 1 is 1.40 bits per heavy atom. The molecule has 0 atom stereocenters. The van der Waals surface area contributed by atoms with Crippen LogP contribution in [0.5, 0.6) is 5.75 Å². The van der Waals surface area contributed by atoms with Gasteiger partial charge >= 0.3 is 0 Å². The Balaban J connectivity index is 3.08. The smallest absolute Gasteiger partial charge is 0.255 e. The van der Waals surface area contributed by atoms with E-state index in [1.165, 1.54) is 12.1 Å². The third kappa shape index (κ3) is 3.01. The first-order chi connectivity index (χ1) is 6.91. The average molecular weight is 248 g/mol. The third-order valence-corrected chi connectivity index (χ3v) is 2.20. The van der Waals surface area contributed by atoms with E-state index in [9.17, 15) is 9.90 Å². The zero-order valence-corrected chi connectivity index (χ0v) is 9.86. The molecule has 1 aromatic rings. The van der Waals surface area contributed by atoms with Crippen LogP contribution >= 0.6 is 23.2 Å². The number of aromatic hydroxyl groups is 1. The van der Waals surface area contributed by atoms with E-state index in [-0.39, 0.29) is 22.4 Å². The molecule has 0 spiro atoms. The minimum absolute atomic E-state index is 0.0188. The van der Waals surface area contributed by atoms with E-state index in [0.29, 0.717) is 5.02 Å². The Bertz CT molecular complexity index is 391. The normalized spacial score (nSPS) is 10.5. The van der Waals surface area contributed by atoms with E-state index in [1.54, 1.807) is 0 Å². The van der Waals surface area contributed by atoms with Gasteiger partial charge in [0.25, 0.3) is 5.91 Å². The zero-order valence-electron chi connectivity index (χ0n) is 8.34. The van der Waals surface area contributed by atoms with Gasteiger partial charge in [0.2, 0.25) is 0 Å². The maximum absolute atomic E-state index is 11.6. The van der Waals surface area contributed by atoms with Crippen LogP contribution in [0.1, 0.15) is 24.2 Å². The molecule has 0 aliphatic heterocycles. The fraction of sp³-hybridized carbons (Fsp3) is 0.300. The zero-order chi connectivity index (χ0) is 11.6. The molecule has 3 nitrogen and oxygen atoms in total. The highest BCUT2D eigenvalue weighted by molar-refractivity contribution is 6.36. The van der Waals surface area contributed by atoms with Crippen molar-refractivity contribution in [1.82, 2.24) is 5.32 Å². The molecular formula is C10H11Cl2NO2. The summed E-state index contributed by atoms with van der Waals surface area (Å²) in [5.74, 6) is -0.647. The maximum atomic E-state index is 11.6. The molecule has 0 unspecified atom stereocenters. The van der Waals surface area contributed by atoms with Crippen molar-refractivity contribution in [2.24, 2.45) is 0 Å². The van der Waals surface area contributed by atoms with Crippen molar-refractivity contribution >= 4 is 29.1 Å². The van der Waals surface area contributed by atoms with Crippen molar-refractivity contribution in [2.45, 2.75) is 19.9 Å². The summed E-state index contributed by atoms with van der Waals surface area (Å²) in [6.45, 7) is 3.64. The summed E-state index contributed by atoms with van der Waals surface area (Å²) in [6.07, 6.45) is 0. The number of rotatable bonds is 2. The van der Waals surface area contributed by atoms with Crippen LogP contribution in [0.25, 0.3) is 0 Å². The Morgan fingerprint density at radius 2 is 2.00 bits per heavy atom. The molecule has 0 bridgehead atoms. The van der Waals surface area contributed by atoms with Crippen molar-refractivity contribution in [3.8, 4) is 5.75 Å². The highest BCUT2D eigenvalue weighted by Gasteiger charge is 2.15. The summed E-state index contributed by atoms with van der Waals surface area (Å²) >= 11 is 11.4. The van der Waals surface area contributed by atoms with Gasteiger partial charge in [0.05, 0.1) is 10.6 Å². The third-order valence-electron chi connectivity index (χ3n) is 1.69. The number of amides is 1. The van der Waals surface area contributed by atoms with E-state index in [4.69, 9.17) is 23.2 Å². The first-order valence-electron chi connectivity index (χ1n) is 4.40. The lowest BCUT2D eigenvalue weighted by molar-refractivity contribution is 0.0940. The van der Waals surface area contributed by atoms with Gasteiger partial charge in [-0.25, -0.2) is 0 Å². The molecule has 0 saturated heterocycles. The van der Waals surface area contributed by atoms with Gasteiger partial charge in [0.15, 0.2) is 0 Å². The minimum atomic E-state index is -0.396. The number of hydrogen-bond acceptors (Lipinski definition) is 2. The lowest BCUT2D eigenvalue weighted by Crippen LogP contribution is -2.30. The predicted octanol–water partition coefficient (Wildman–Crippen LogP) is 2.84. The van der Waals surface area contributed by atoms with Crippen LogP contribution in [0, 0.1) is 0 Å². The molecule has 5 heteroatoms. The molecule has 0 aliphatic rings. The van der Waals surface area contributed by atoms with Crippen LogP contribution < -0.4 is 5.32 Å². The quantitative estimate of drug-likeness (QED) is 0.845. The number of halogens is 2. The number of phenols is 1. The number of phenolic OH excluding ortho intramolecular Hbond substituents is 1. The molecule has 1 aromatic carbocycles. The standard InChI is InChI=1S/C10H11Cl2NO2/c1-5(2)13-10(15)7-3-6(11)4-8(12)9(7)14/h3-5,14H,1-2H3,(H,13,15). The predicted molar refractivity (Wildman–Crippen MR) is 60.7 cm³/mol. The van der Waals surface area contributed by atoms with Gasteiger partial charge in [-0.15, -0.1) is 0 Å². The summed E-state index contributed by atoms with van der Waals surface area (Å²) in [5, 5.41) is 12.6. The number of carbonyl (C=O) groups is 1. The lowest BCUT2D eigenvalue weighted by Gasteiger charge is -2.10. The molecule has 2 N–H and O–H groups in total. The number of hydrogen-bond donors (Lipinski definition) is 2. The van der Waals surface area contributed by atoms with E-state index in [1.807, 2.05) is 13.8 Å². The summed E-state index contributed by atoms with van der Waals surface area (Å²) < 4.78 is 0. The summed E-state index contributed by atoms with van der Waals surface area (Å²) in [4.78, 5) is 11.6. The fourth-order valence-electron chi connectivity index (χ4n) is 1.08. The SMILES string of the molecule is CC(C)NC(=O)c1cc(Cl)cc(Cl)c1O. The molecule has 0 fully saturated rings. The monoisotopic (exact) mass is 247 g/mol. The molecule has 0 heterocycles. The highest BCUT2D eigenvalue weighted by atomic mass is 35.5. The Morgan fingerprint density at radius 3 is 2.53 bits per heavy atom. The minimum Gasteiger partial charge on any atom is -0.506 e. The Hall–Kier alpha value is -0.930. The van der Waals surface area contributed by atoms with E-state index in [2.05, 4.69) is 5.32 Å². The molecule has 0 radical (unpaired) electrons. The first kappa shape index (κ1) is 12.1. The van der Waals surface area contributed by atoms with E-state index in [0.717, 1.165) is 0 Å². The van der Waals surface area contributed by atoms with Crippen molar-refractivity contribution in [3.05, 3.63) is 27.7 Å². The lowest BCUT2D eigenvalue weighted by atomic mass is 10.2. The molecule has 1 amide bonds. The van der Waals surface area contributed by atoms with Crippen LogP contribution in [-0.2, 0) is 0 Å². The first-order valence-corrected chi connectivity index (χ1v) is 5.16. The van der Waals surface area contributed by atoms with Crippen LogP contribution in [0.2, 0.25) is 10.0 Å². The van der Waals surface area contributed by atoms with E-state index < -0.39 is 5.91 Å². The number of nitrogens with one attached hydrogen (secondary N) is 1. The second-order valence-electron chi connectivity index (χ2n) is 3.41. The molecule has 15 heavy (non-hydrogen) atoms. The molecule has 0 aliphatic carbocycles. The summed E-state index contributed by atoms with van der Waals surface area (Å²) in [7, 11) is 0. The van der Waals surface area contributed by atoms with Crippen LogP contribution in [-0.4, -0.2) is 17.1 Å². The van der Waals surface area contributed by atoms with Crippen molar-refractivity contribution in [2.75, 3.05) is 0 Å². The number of benzene rings is 1. The van der Waals surface area contributed by atoms with Gasteiger partial charge in [-0.3, -0.25) is 4.79 Å². The van der Waals surface area contributed by atoms with E-state index >= 15 is 0 Å². The van der Waals surface area contributed by atoms with Crippen molar-refractivity contribution in [3.63, 3.8) is 0 Å². The fourth-order valence-corrected chi connectivity index (χ4v) is 1.57. The Kier molecular flexibility index (Phi) is 3.83. The molecule has 82 valence electrons. The largest absolute Gasteiger partial charge is 0.506 e. The second kappa shape index (κ2) is 4.73. The molecule has 0 saturated carbocycles. The second-order valence-corrected chi connectivity index (χ2v) is 4.26. The van der Waals surface area contributed by atoms with Crippen LogP contribution in [0.4, 0.5) is 0 Å². The van der Waals surface area contributed by atoms with Crippen molar-refractivity contribution < 1.29 is 9.90 Å². The average Bonchev–Trinajstić information content (AvgIpc) is 2.09. The highest BCUT2D eigenvalue weighted by Crippen LogP contribution is 2.30. The van der Waals surface area contributed by atoms with Crippen LogP contribution in [0.15, 0.2) is 12.1 Å². The number of carbonyl (C=O) groups excluding carboxylic acids is 1. The topological polar surface area (TPSA) is 49.3 Å². The molecule has 0 aromatic heterocycles. The van der Waals surface area contributed by atoms with Gasteiger partial charge in [-0.2, -0.15) is 0 Å². The maximum Gasteiger partial charge on any atom is 0.255 e. The van der Waals surface area contributed by atoms with Crippen molar-refractivity contribution in [1.29, 1.82) is 0 Å². The molecular weight excluding hydrogens is 237 g/mol. The Labute approximate surface area is 98.0 Å². The van der Waals surface area contributed by atoms with Crippen LogP contribution in [0.3, 0.4) is 0 Å². The molecule has 1 rings (SSSR count). The van der Waals surface area contributed by atoms with Gasteiger partial charge in [-0.05, 0) is 26.0 Å².